The van der Waals surface area contributed by atoms with Crippen LogP contribution < -0.4 is 5.73 Å². The zero-order valence-corrected chi connectivity index (χ0v) is 8.72. The number of aryl methyl sites for hydroxylation is 1. The van der Waals surface area contributed by atoms with E-state index in [2.05, 4.69) is 4.98 Å². The fourth-order valence-electron chi connectivity index (χ4n) is 1.58. The summed E-state index contributed by atoms with van der Waals surface area (Å²) in [5, 5.41) is 9.21. The van der Waals surface area contributed by atoms with Crippen molar-refractivity contribution in [2.45, 2.75) is 26.0 Å². The second-order valence-electron chi connectivity index (χ2n) is 3.82. The largest absolute Gasteiger partial charge is 0.399 e. The van der Waals surface area contributed by atoms with E-state index in [9.17, 15) is 5.11 Å². The standard InChI is InChI=1S/C11H15N3O/c1-8(15)4-5-14-7-13-10-6-9(12)2-3-11(10)14/h2-3,6-8,15H,4-5,12H2,1H3. The minimum atomic E-state index is -0.281. The van der Waals surface area contributed by atoms with Crippen LogP contribution >= 0.6 is 0 Å². The number of nitrogen functional groups attached to an aromatic ring is 1. The van der Waals surface area contributed by atoms with Gasteiger partial charge in [-0.15, -0.1) is 0 Å². The Morgan fingerprint density at radius 3 is 3.07 bits per heavy atom. The molecular weight excluding hydrogens is 190 g/mol. The Bertz CT molecular complexity index is 462. The van der Waals surface area contributed by atoms with E-state index in [1.165, 1.54) is 0 Å². The van der Waals surface area contributed by atoms with Crippen molar-refractivity contribution < 1.29 is 5.11 Å². The molecule has 1 atom stereocenters. The molecule has 0 aliphatic carbocycles. The molecule has 3 N–H and O–H groups in total. The Balaban J connectivity index is 2.29. The number of aromatic nitrogens is 2. The van der Waals surface area contributed by atoms with Gasteiger partial charge in [-0.2, -0.15) is 0 Å². The number of benzene rings is 1. The third-order valence-electron chi connectivity index (χ3n) is 2.43. The average molecular weight is 205 g/mol. The zero-order chi connectivity index (χ0) is 10.8. The molecule has 1 heterocycles. The van der Waals surface area contributed by atoms with Crippen LogP contribution in [0.5, 0.6) is 0 Å². The Kier molecular flexibility index (Phi) is 2.60. The number of hydrogen-bond acceptors (Lipinski definition) is 3. The summed E-state index contributed by atoms with van der Waals surface area (Å²) in [4.78, 5) is 4.26. The number of anilines is 1. The minimum Gasteiger partial charge on any atom is -0.399 e. The summed E-state index contributed by atoms with van der Waals surface area (Å²) >= 11 is 0. The predicted octanol–water partition coefficient (Wildman–Crippen LogP) is 1.39. The van der Waals surface area contributed by atoms with Gasteiger partial charge in [-0.25, -0.2) is 4.98 Å². The van der Waals surface area contributed by atoms with Gasteiger partial charge in [0.1, 0.15) is 0 Å². The van der Waals surface area contributed by atoms with Crippen LogP contribution in [-0.4, -0.2) is 20.8 Å². The molecule has 0 aliphatic rings. The smallest absolute Gasteiger partial charge is 0.0958 e. The lowest BCUT2D eigenvalue weighted by atomic mass is 10.2. The van der Waals surface area contributed by atoms with Crippen LogP contribution in [-0.2, 0) is 6.54 Å². The highest BCUT2D eigenvalue weighted by atomic mass is 16.3. The molecule has 0 spiro atoms. The van der Waals surface area contributed by atoms with Gasteiger partial charge in [0, 0.05) is 12.2 Å². The van der Waals surface area contributed by atoms with Crippen molar-refractivity contribution in [3.8, 4) is 0 Å². The third-order valence-corrected chi connectivity index (χ3v) is 2.43. The first-order chi connectivity index (χ1) is 7.16. The van der Waals surface area contributed by atoms with Crippen LogP contribution in [0.1, 0.15) is 13.3 Å². The molecule has 0 radical (unpaired) electrons. The topological polar surface area (TPSA) is 64.1 Å². The highest BCUT2D eigenvalue weighted by Crippen LogP contribution is 2.16. The van der Waals surface area contributed by atoms with E-state index < -0.39 is 0 Å². The summed E-state index contributed by atoms with van der Waals surface area (Å²) in [6.07, 6.45) is 2.23. The average Bonchev–Trinajstić information content (AvgIpc) is 2.57. The second-order valence-corrected chi connectivity index (χ2v) is 3.82. The number of nitrogens with zero attached hydrogens (tertiary/aromatic N) is 2. The van der Waals surface area contributed by atoms with Crippen LogP contribution in [0.25, 0.3) is 11.0 Å². The second kappa shape index (κ2) is 3.90. The van der Waals surface area contributed by atoms with Crippen LogP contribution in [0.3, 0.4) is 0 Å². The van der Waals surface area contributed by atoms with Gasteiger partial charge in [0.25, 0.3) is 0 Å². The van der Waals surface area contributed by atoms with Crippen molar-refractivity contribution in [1.29, 1.82) is 0 Å². The molecule has 1 aromatic heterocycles. The van der Waals surface area contributed by atoms with E-state index in [1.54, 1.807) is 13.3 Å². The fraction of sp³-hybridized carbons (Fsp3) is 0.364. The summed E-state index contributed by atoms with van der Waals surface area (Å²) < 4.78 is 2.03. The normalized spacial score (nSPS) is 13.2. The first kappa shape index (κ1) is 9.98. The Morgan fingerprint density at radius 1 is 1.53 bits per heavy atom. The highest BCUT2D eigenvalue weighted by molar-refractivity contribution is 5.78. The number of aliphatic hydroxyl groups excluding tert-OH is 1. The highest BCUT2D eigenvalue weighted by Gasteiger charge is 2.03. The molecule has 0 fully saturated rings. The van der Waals surface area contributed by atoms with Crippen LogP contribution in [0.4, 0.5) is 5.69 Å². The van der Waals surface area contributed by atoms with Crippen molar-refractivity contribution in [3.63, 3.8) is 0 Å². The maximum Gasteiger partial charge on any atom is 0.0958 e. The van der Waals surface area contributed by atoms with Crippen molar-refractivity contribution in [3.05, 3.63) is 24.5 Å². The predicted molar refractivity (Wildman–Crippen MR) is 60.4 cm³/mol. The number of nitrogens with two attached hydrogens (primary N) is 1. The van der Waals surface area contributed by atoms with Gasteiger partial charge in [-0.3, -0.25) is 0 Å². The van der Waals surface area contributed by atoms with Gasteiger partial charge in [-0.1, -0.05) is 0 Å². The minimum absolute atomic E-state index is 0.281. The van der Waals surface area contributed by atoms with Gasteiger partial charge in [-0.05, 0) is 31.5 Å². The SMILES string of the molecule is CC(O)CCn1cnc2cc(N)ccc21. The molecule has 2 aromatic rings. The lowest BCUT2D eigenvalue weighted by Crippen LogP contribution is -2.05. The summed E-state index contributed by atoms with van der Waals surface area (Å²) in [7, 11) is 0. The van der Waals surface area contributed by atoms with Crippen molar-refractivity contribution in [1.82, 2.24) is 9.55 Å². The van der Waals surface area contributed by atoms with Gasteiger partial charge in [0.2, 0.25) is 0 Å². The Labute approximate surface area is 88.3 Å². The quantitative estimate of drug-likeness (QED) is 0.744. The summed E-state index contributed by atoms with van der Waals surface area (Å²) in [5.41, 5.74) is 8.35. The first-order valence-electron chi connectivity index (χ1n) is 5.05. The first-order valence-corrected chi connectivity index (χ1v) is 5.05. The molecule has 2 rings (SSSR count). The van der Waals surface area contributed by atoms with Crippen molar-refractivity contribution in [2.75, 3.05) is 5.73 Å². The van der Waals surface area contributed by atoms with E-state index in [-0.39, 0.29) is 6.10 Å². The van der Waals surface area contributed by atoms with Crippen LogP contribution in [0, 0.1) is 0 Å². The van der Waals surface area contributed by atoms with E-state index in [0.717, 1.165) is 29.7 Å². The Hall–Kier alpha value is -1.55. The lowest BCUT2D eigenvalue weighted by Gasteiger charge is -2.06. The van der Waals surface area contributed by atoms with E-state index in [1.807, 2.05) is 22.8 Å². The summed E-state index contributed by atoms with van der Waals surface area (Å²) in [6.45, 7) is 2.56. The molecule has 1 aromatic carbocycles. The van der Waals surface area contributed by atoms with Crippen LogP contribution in [0.15, 0.2) is 24.5 Å². The van der Waals surface area contributed by atoms with Crippen LogP contribution in [0.2, 0.25) is 0 Å². The molecule has 1 unspecified atom stereocenters. The molecule has 0 bridgehead atoms. The molecule has 0 aliphatic heterocycles. The van der Waals surface area contributed by atoms with Gasteiger partial charge in [0.05, 0.1) is 23.5 Å². The van der Waals surface area contributed by atoms with E-state index >= 15 is 0 Å². The lowest BCUT2D eigenvalue weighted by molar-refractivity contribution is 0.178. The third kappa shape index (κ3) is 2.10. The maximum atomic E-state index is 9.21. The molecule has 0 amide bonds. The van der Waals surface area contributed by atoms with Crippen molar-refractivity contribution in [2.24, 2.45) is 0 Å². The molecule has 0 saturated carbocycles. The molecule has 4 nitrogen and oxygen atoms in total. The number of fused-ring (bicyclic) bond motifs is 1. The maximum absolute atomic E-state index is 9.21. The molecule has 15 heavy (non-hydrogen) atoms. The zero-order valence-electron chi connectivity index (χ0n) is 8.72. The Morgan fingerprint density at radius 2 is 2.33 bits per heavy atom. The summed E-state index contributed by atoms with van der Waals surface area (Å²) in [6, 6.07) is 5.68. The van der Waals surface area contributed by atoms with Gasteiger partial charge in [0.15, 0.2) is 0 Å². The molecule has 0 saturated heterocycles. The van der Waals surface area contributed by atoms with Gasteiger partial charge < -0.3 is 15.4 Å². The number of imidazole rings is 1. The molecule has 80 valence electrons. The number of rotatable bonds is 3. The van der Waals surface area contributed by atoms with E-state index in [4.69, 9.17) is 5.73 Å². The fourth-order valence-corrected chi connectivity index (χ4v) is 1.58. The monoisotopic (exact) mass is 205 g/mol. The number of hydrogen-bond donors (Lipinski definition) is 2. The summed E-state index contributed by atoms with van der Waals surface area (Å²) in [5.74, 6) is 0. The molecule has 4 heteroatoms. The van der Waals surface area contributed by atoms with E-state index in [0.29, 0.717) is 0 Å². The number of aliphatic hydroxyl groups is 1. The molecular formula is C11H15N3O. The van der Waals surface area contributed by atoms with Crippen molar-refractivity contribution >= 4 is 16.7 Å². The van der Waals surface area contributed by atoms with Gasteiger partial charge >= 0.3 is 0 Å².